The average Bonchev–Trinajstić information content (AvgIpc) is 2.45. The molecule has 7 nitrogen and oxygen atoms in total. The summed E-state index contributed by atoms with van der Waals surface area (Å²) in [7, 11) is -3.68. The summed E-state index contributed by atoms with van der Waals surface area (Å²) in [6.07, 6.45) is -6.72. The molecule has 0 aromatic carbocycles. The van der Waals surface area contributed by atoms with Crippen LogP contribution in [0.25, 0.3) is 0 Å². The first-order chi connectivity index (χ1) is 10.6. The lowest BCUT2D eigenvalue weighted by molar-refractivity contribution is -0.235. The second-order valence-electron chi connectivity index (χ2n) is 4.74. The number of alkyl halides is 3. The minimum Gasteiger partial charge on any atom is -0.467 e. The van der Waals surface area contributed by atoms with Gasteiger partial charge in [-0.3, -0.25) is 13.8 Å². The number of rotatable bonds is 6. The third-order valence-corrected chi connectivity index (χ3v) is 5.67. The second kappa shape index (κ2) is 7.29. The smallest absolute Gasteiger partial charge is 0.418 e. The van der Waals surface area contributed by atoms with Gasteiger partial charge in [0.1, 0.15) is 5.78 Å². The molecule has 23 heavy (non-hydrogen) atoms. The quantitative estimate of drug-likeness (QED) is 0.530. The number of carbonyl (C=O) groups is 2. The van der Waals surface area contributed by atoms with E-state index in [1.807, 2.05) is 0 Å². The fourth-order valence-corrected chi connectivity index (χ4v) is 4.46. The van der Waals surface area contributed by atoms with Gasteiger partial charge in [-0.25, -0.2) is 9.36 Å². The summed E-state index contributed by atoms with van der Waals surface area (Å²) in [5.41, 5.74) is -3.39. The molecule has 1 aliphatic heterocycles. The molecule has 1 atom stereocenters. The van der Waals surface area contributed by atoms with Crippen LogP contribution >= 0.6 is 7.75 Å². The zero-order valence-electron chi connectivity index (χ0n) is 13.0. The van der Waals surface area contributed by atoms with Crippen LogP contribution in [-0.4, -0.2) is 55.0 Å². The van der Waals surface area contributed by atoms with E-state index < -0.39 is 44.2 Å². The molecular weight excluding hydrogens is 342 g/mol. The van der Waals surface area contributed by atoms with Gasteiger partial charge < -0.3 is 4.74 Å². The van der Waals surface area contributed by atoms with Crippen molar-refractivity contribution in [2.45, 2.75) is 38.4 Å². The summed E-state index contributed by atoms with van der Waals surface area (Å²) < 4.78 is 68.5. The van der Waals surface area contributed by atoms with Gasteiger partial charge in [0.25, 0.3) is 0 Å². The Morgan fingerprint density at radius 2 is 1.83 bits per heavy atom. The van der Waals surface area contributed by atoms with Gasteiger partial charge in [-0.05, 0) is 13.8 Å². The van der Waals surface area contributed by atoms with E-state index in [4.69, 9.17) is 9.05 Å². The number of hydrogen-bond donors (Lipinski definition) is 0. The van der Waals surface area contributed by atoms with Gasteiger partial charge in [-0.1, -0.05) is 0 Å². The summed E-state index contributed by atoms with van der Waals surface area (Å²) in [5.74, 6) is -2.51. The van der Waals surface area contributed by atoms with Crippen molar-refractivity contribution in [1.29, 1.82) is 0 Å². The number of halogens is 3. The van der Waals surface area contributed by atoms with E-state index >= 15 is 0 Å². The molecule has 0 N–H and O–H groups in total. The van der Waals surface area contributed by atoms with Crippen LogP contribution in [0.1, 0.15) is 26.7 Å². The van der Waals surface area contributed by atoms with Gasteiger partial charge in [0, 0.05) is 19.4 Å². The SMILES string of the molecule is CCOP(=O)(OCC)N1CCC(=O)CC1(C(=O)OC)C(F)(F)F. The maximum Gasteiger partial charge on any atom is 0.418 e. The van der Waals surface area contributed by atoms with E-state index in [9.17, 15) is 27.3 Å². The topological polar surface area (TPSA) is 82.1 Å². The average molecular weight is 361 g/mol. The highest BCUT2D eigenvalue weighted by Gasteiger charge is 2.71. The first-order valence-electron chi connectivity index (χ1n) is 6.93. The highest BCUT2D eigenvalue weighted by atomic mass is 31.2. The van der Waals surface area contributed by atoms with Crippen LogP contribution in [0.15, 0.2) is 0 Å². The summed E-state index contributed by atoms with van der Waals surface area (Å²) in [5, 5.41) is 0. The molecule has 1 heterocycles. The van der Waals surface area contributed by atoms with Gasteiger partial charge in [0.15, 0.2) is 0 Å². The Kier molecular flexibility index (Phi) is 6.37. The van der Waals surface area contributed by atoms with Crippen molar-refractivity contribution in [3.63, 3.8) is 0 Å². The van der Waals surface area contributed by atoms with E-state index in [-0.39, 0.29) is 19.6 Å². The summed E-state index contributed by atoms with van der Waals surface area (Å²) in [6, 6.07) is 0. The number of esters is 1. The number of ketones is 1. The molecule has 0 aromatic rings. The maximum absolute atomic E-state index is 13.7. The van der Waals surface area contributed by atoms with Crippen molar-refractivity contribution < 1.29 is 41.1 Å². The number of ether oxygens (including phenoxy) is 1. The van der Waals surface area contributed by atoms with Crippen molar-refractivity contribution in [1.82, 2.24) is 4.67 Å². The fourth-order valence-electron chi connectivity index (χ4n) is 2.43. The van der Waals surface area contributed by atoms with E-state index in [0.29, 0.717) is 4.67 Å². The van der Waals surface area contributed by atoms with Crippen molar-refractivity contribution in [3.05, 3.63) is 0 Å². The molecule has 0 spiro atoms. The Morgan fingerprint density at radius 1 is 1.30 bits per heavy atom. The molecule has 0 radical (unpaired) electrons. The Morgan fingerprint density at radius 3 is 2.22 bits per heavy atom. The lowest BCUT2D eigenvalue weighted by Gasteiger charge is -2.46. The Hall–Kier alpha value is -0.960. The van der Waals surface area contributed by atoms with Crippen LogP contribution in [0.3, 0.4) is 0 Å². The van der Waals surface area contributed by atoms with Gasteiger partial charge >= 0.3 is 19.9 Å². The van der Waals surface area contributed by atoms with Crippen molar-refractivity contribution in [2.75, 3.05) is 26.9 Å². The number of piperidine rings is 1. The highest BCUT2D eigenvalue weighted by Crippen LogP contribution is 2.60. The van der Waals surface area contributed by atoms with E-state index in [1.54, 1.807) is 0 Å². The molecule has 1 rings (SSSR count). The molecule has 0 aliphatic carbocycles. The monoisotopic (exact) mass is 361 g/mol. The summed E-state index contributed by atoms with van der Waals surface area (Å²) in [6.45, 7) is 1.86. The van der Waals surface area contributed by atoms with E-state index in [0.717, 1.165) is 7.11 Å². The van der Waals surface area contributed by atoms with Crippen LogP contribution < -0.4 is 0 Å². The molecule has 1 aliphatic rings. The highest BCUT2D eigenvalue weighted by molar-refractivity contribution is 7.51. The zero-order chi connectivity index (χ0) is 17.9. The lowest BCUT2D eigenvalue weighted by Crippen LogP contribution is -2.66. The predicted molar refractivity (Wildman–Crippen MR) is 72.6 cm³/mol. The molecule has 1 saturated heterocycles. The second-order valence-corrected chi connectivity index (χ2v) is 6.68. The minimum atomic E-state index is -5.21. The summed E-state index contributed by atoms with van der Waals surface area (Å²) in [4.78, 5) is 23.6. The van der Waals surface area contributed by atoms with Crippen molar-refractivity contribution in [3.8, 4) is 0 Å². The first kappa shape index (κ1) is 20.1. The van der Waals surface area contributed by atoms with Gasteiger partial charge in [0.05, 0.1) is 20.3 Å². The molecular formula is C12H19F3NO6P. The molecule has 134 valence electrons. The number of Topliss-reactive ketones (excluding diaryl/α,β-unsaturated/α-hetero) is 1. The molecule has 0 saturated carbocycles. The van der Waals surface area contributed by atoms with Gasteiger partial charge in [0.2, 0.25) is 5.54 Å². The zero-order valence-corrected chi connectivity index (χ0v) is 13.9. The predicted octanol–water partition coefficient (Wildman–Crippen LogP) is 2.31. The molecule has 11 heteroatoms. The molecule has 1 fully saturated rings. The van der Waals surface area contributed by atoms with E-state index in [1.165, 1.54) is 13.8 Å². The van der Waals surface area contributed by atoms with Crippen LogP contribution in [0.4, 0.5) is 13.2 Å². The third kappa shape index (κ3) is 3.60. The normalized spacial score (nSPS) is 23.8. The van der Waals surface area contributed by atoms with Crippen LogP contribution in [-0.2, 0) is 27.9 Å². The van der Waals surface area contributed by atoms with Gasteiger partial charge in [-0.15, -0.1) is 0 Å². The van der Waals surface area contributed by atoms with Crippen molar-refractivity contribution in [2.24, 2.45) is 0 Å². The third-order valence-electron chi connectivity index (χ3n) is 3.37. The molecule has 1 unspecified atom stereocenters. The lowest BCUT2D eigenvalue weighted by atomic mass is 9.87. The van der Waals surface area contributed by atoms with Crippen molar-refractivity contribution >= 4 is 19.5 Å². The van der Waals surface area contributed by atoms with Crippen LogP contribution in [0.2, 0.25) is 0 Å². The Labute approximate surface area is 131 Å². The molecule has 0 amide bonds. The molecule has 0 aromatic heterocycles. The number of hydrogen-bond acceptors (Lipinski definition) is 6. The standard InChI is InChI=1S/C12H19F3NO6P/c1-4-21-23(19,22-5-2)16-7-6-9(17)8-11(16,10(18)20-3)12(13,14)15/h4-8H2,1-3H3. The fraction of sp³-hybridized carbons (Fsp3) is 0.833. The minimum absolute atomic E-state index is 0.198. The van der Waals surface area contributed by atoms with Crippen LogP contribution in [0, 0.1) is 0 Å². The molecule has 0 bridgehead atoms. The number of nitrogens with zero attached hydrogens (tertiary/aromatic N) is 1. The largest absolute Gasteiger partial charge is 0.467 e. The van der Waals surface area contributed by atoms with Gasteiger partial charge in [-0.2, -0.15) is 17.8 Å². The Balaban J connectivity index is 3.53. The van der Waals surface area contributed by atoms with Crippen LogP contribution in [0.5, 0.6) is 0 Å². The van der Waals surface area contributed by atoms with E-state index in [2.05, 4.69) is 4.74 Å². The number of methoxy groups -OCH3 is 1. The number of carbonyl (C=O) groups excluding carboxylic acids is 2. The Bertz CT molecular complexity index is 502. The maximum atomic E-state index is 13.7. The first-order valence-corrected chi connectivity index (χ1v) is 8.42. The summed E-state index contributed by atoms with van der Waals surface area (Å²) >= 11 is 0.